The summed E-state index contributed by atoms with van der Waals surface area (Å²) in [4.78, 5) is 27.9. The van der Waals surface area contributed by atoms with Gasteiger partial charge in [-0.2, -0.15) is 0 Å². The number of fused-ring (bicyclic) bond motifs is 1. The molecule has 0 radical (unpaired) electrons. The number of para-hydroxylation sites is 1. The second-order valence-corrected chi connectivity index (χ2v) is 4.83. The molecule has 2 aliphatic heterocycles. The van der Waals surface area contributed by atoms with Crippen LogP contribution in [-0.4, -0.2) is 17.6 Å². The molecule has 1 aromatic rings. The summed E-state index contributed by atoms with van der Waals surface area (Å²) in [5.74, 6) is -0.563. The SMILES string of the molecule is NC(=O)C1=CC=C2NC(=O)NC23C1=Nc1ccccc13. The van der Waals surface area contributed by atoms with Crippen molar-refractivity contribution in [2.75, 3.05) is 0 Å². The minimum Gasteiger partial charge on any atom is -0.366 e. The molecule has 1 aromatic carbocycles. The van der Waals surface area contributed by atoms with Crippen LogP contribution in [0, 0.1) is 0 Å². The summed E-state index contributed by atoms with van der Waals surface area (Å²) in [6, 6.07) is 7.14. The van der Waals surface area contributed by atoms with Gasteiger partial charge in [-0.05, 0) is 18.2 Å². The number of hydrogen-bond donors (Lipinski definition) is 3. The highest BCUT2D eigenvalue weighted by Crippen LogP contribution is 2.47. The Labute approximate surface area is 114 Å². The van der Waals surface area contributed by atoms with Crippen LogP contribution in [0.15, 0.2) is 52.7 Å². The van der Waals surface area contributed by atoms with Crippen molar-refractivity contribution in [1.29, 1.82) is 0 Å². The summed E-state index contributed by atoms with van der Waals surface area (Å²) >= 11 is 0. The maximum absolute atomic E-state index is 11.8. The fourth-order valence-corrected chi connectivity index (χ4v) is 2.98. The third-order valence-corrected chi connectivity index (χ3v) is 3.79. The highest BCUT2D eigenvalue weighted by Gasteiger charge is 2.54. The number of aliphatic imine (C=N–C) groups is 1. The van der Waals surface area contributed by atoms with Gasteiger partial charge in [0, 0.05) is 5.56 Å². The van der Waals surface area contributed by atoms with E-state index in [1.165, 1.54) is 0 Å². The second kappa shape index (κ2) is 3.36. The zero-order valence-electron chi connectivity index (χ0n) is 10.3. The molecular formula is C14H10N4O2. The Kier molecular flexibility index (Phi) is 1.84. The van der Waals surface area contributed by atoms with E-state index in [0.29, 0.717) is 17.0 Å². The summed E-state index contributed by atoms with van der Waals surface area (Å²) < 4.78 is 0. The first-order valence-corrected chi connectivity index (χ1v) is 6.13. The Morgan fingerprint density at radius 2 is 2.05 bits per heavy atom. The van der Waals surface area contributed by atoms with Gasteiger partial charge in [0.2, 0.25) is 0 Å². The standard InChI is InChI=1S/C14H10N4O2/c15-12(19)7-5-6-10-14(18-13(20)17-10)8-3-1-2-4-9(8)16-11(7)14/h1-6H,(H2,15,19)(H2,17,18,20). The maximum Gasteiger partial charge on any atom is 0.320 e. The number of primary amides is 1. The lowest BCUT2D eigenvalue weighted by Gasteiger charge is -2.30. The Hall–Kier alpha value is -2.89. The van der Waals surface area contributed by atoms with Crippen LogP contribution in [0.2, 0.25) is 0 Å². The molecule has 0 bridgehead atoms. The van der Waals surface area contributed by atoms with Crippen molar-refractivity contribution in [3.8, 4) is 0 Å². The molecule has 1 spiro atoms. The molecule has 0 aromatic heterocycles. The Balaban J connectivity index is 2.04. The Bertz CT molecular complexity index is 775. The molecule has 1 unspecified atom stereocenters. The van der Waals surface area contributed by atoms with Gasteiger partial charge < -0.3 is 16.4 Å². The fourth-order valence-electron chi connectivity index (χ4n) is 2.98. The molecule has 1 atom stereocenters. The molecule has 3 aliphatic rings. The number of benzene rings is 1. The molecule has 1 fully saturated rings. The van der Waals surface area contributed by atoms with Gasteiger partial charge in [-0.15, -0.1) is 0 Å². The quantitative estimate of drug-likeness (QED) is 0.693. The van der Waals surface area contributed by atoms with Crippen LogP contribution in [0.3, 0.4) is 0 Å². The summed E-state index contributed by atoms with van der Waals surface area (Å²) in [6.45, 7) is 0. The van der Waals surface area contributed by atoms with Crippen LogP contribution >= 0.6 is 0 Å². The summed E-state index contributed by atoms with van der Waals surface area (Å²) in [6.07, 6.45) is 3.28. The van der Waals surface area contributed by atoms with Gasteiger partial charge in [-0.1, -0.05) is 18.2 Å². The van der Waals surface area contributed by atoms with Crippen molar-refractivity contribution in [2.24, 2.45) is 10.7 Å². The van der Waals surface area contributed by atoms with Crippen LogP contribution in [0.4, 0.5) is 10.5 Å². The Morgan fingerprint density at radius 1 is 1.25 bits per heavy atom. The predicted molar refractivity (Wildman–Crippen MR) is 72.2 cm³/mol. The molecular weight excluding hydrogens is 256 g/mol. The molecule has 4 rings (SSSR count). The summed E-state index contributed by atoms with van der Waals surface area (Å²) in [5.41, 5.74) is 7.53. The third kappa shape index (κ3) is 1.11. The van der Waals surface area contributed by atoms with Crippen LogP contribution in [-0.2, 0) is 10.3 Å². The molecule has 98 valence electrons. The molecule has 1 aliphatic carbocycles. The fraction of sp³-hybridized carbons (Fsp3) is 0.0714. The van der Waals surface area contributed by atoms with Gasteiger partial charge in [0.1, 0.15) is 0 Å². The van der Waals surface area contributed by atoms with E-state index >= 15 is 0 Å². The first-order valence-electron chi connectivity index (χ1n) is 6.13. The van der Waals surface area contributed by atoms with Crippen LogP contribution < -0.4 is 16.4 Å². The number of nitrogens with two attached hydrogens (primary N) is 1. The van der Waals surface area contributed by atoms with Crippen LogP contribution in [0.1, 0.15) is 5.56 Å². The lowest BCUT2D eigenvalue weighted by Crippen LogP contribution is -2.48. The monoisotopic (exact) mass is 266 g/mol. The highest BCUT2D eigenvalue weighted by molar-refractivity contribution is 6.30. The van der Waals surface area contributed by atoms with Crippen LogP contribution in [0.5, 0.6) is 0 Å². The van der Waals surface area contributed by atoms with Gasteiger partial charge in [0.25, 0.3) is 5.91 Å². The van der Waals surface area contributed by atoms with Crippen molar-refractivity contribution in [3.63, 3.8) is 0 Å². The number of carbonyl (C=O) groups is 2. The van der Waals surface area contributed by atoms with E-state index in [1.807, 2.05) is 24.3 Å². The number of urea groups is 1. The van der Waals surface area contributed by atoms with E-state index in [9.17, 15) is 9.59 Å². The van der Waals surface area contributed by atoms with E-state index in [1.54, 1.807) is 12.2 Å². The van der Waals surface area contributed by atoms with Gasteiger partial charge >= 0.3 is 6.03 Å². The average molecular weight is 266 g/mol. The molecule has 1 saturated heterocycles. The van der Waals surface area contributed by atoms with Crippen molar-refractivity contribution in [3.05, 3.63) is 53.3 Å². The van der Waals surface area contributed by atoms with E-state index in [0.717, 1.165) is 11.3 Å². The normalized spacial score (nSPS) is 25.4. The average Bonchev–Trinajstić information content (AvgIpc) is 2.92. The lowest BCUT2D eigenvalue weighted by atomic mass is 9.78. The highest BCUT2D eigenvalue weighted by atomic mass is 16.2. The maximum atomic E-state index is 11.8. The van der Waals surface area contributed by atoms with E-state index < -0.39 is 11.4 Å². The Morgan fingerprint density at radius 3 is 2.85 bits per heavy atom. The van der Waals surface area contributed by atoms with Crippen LogP contribution in [0.25, 0.3) is 0 Å². The third-order valence-electron chi connectivity index (χ3n) is 3.79. The van der Waals surface area contributed by atoms with Gasteiger partial charge in [-0.25, -0.2) is 9.79 Å². The van der Waals surface area contributed by atoms with Crippen molar-refractivity contribution in [2.45, 2.75) is 5.54 Å². The van der Waals surface area contributed by atoms with E-state index in [4.69, 9.17) is 5.73 Å². The first-order chi connectivity index (χ1) is 9.63. The molecule has 2 heterocycles. The number of nitrogens with zero attached hydrogens (tertiary/aromatic N) is 1. The largest absolute Gasteiger partial charge is 0.366 e. The number of hydrogen-bond acceptors (Lipinski definition) is 3. The minimum atomic E-state index is -0.910. The summed E-state index contributed by atoms with van der Waals surface area (Å²) in [5, 5.41) is 5.63. The number of carbonyl (C=O) groups excluding carboxylic acids is 2. The number of allylic oxidation sites excluding steroid dienone is 2. The topological polar surface area (TPSA) is 96.6 Å². The second-order valence-electron chi connectivity index (χ2n) is 4.83. The molecule has 3 amide bonds. The minimum absolute atomic E-state index is 0.314. The smallest absolute Gasteiger partial charge is 0.320 e. The zero-order valence-corrected chi connectivity index (χ0v) is 10.3. The first kappa shape index (κ1) is 11.0. The predicted octanol–water partition coefficient (Wildman–Crippen LogP) is 0.590. The van der Waals surface area contributed by atoms with E-state index in [-0.39, 0.29) is 6.03 Å². The summed E-state index contributed by atoms with van der Waals surface area (Å²) in [7, 11) is 0. The molecule has 0 saturated carbocycles. The lowest BCUT2D eigenvalue weighted by molar-refractivity contribution is -0.114. The number of amides is 3. The van der Waals surface area contributed by atoms with Crippen molar-refractivity contribution >= 4 is 23.3 Å². The van der Waals surface area contributed by atoms with Gasteiger partial charge in [0.15, 0.2) is 5.54 Å². The molecule has 6 nitrogen and oxygen atoms in total. The molecule has 4 N–H and O–H groups in total. The zero-order chi connectivity index (χ0) is 13.9. The van der Waals surface area contributed by atoms with E-state index in [2.05, 4.69) is 15.6 Å². The van der Waals surface area contributed by atoms with Gasteiger partial charge in [0.05, 0.1) is 22.7 Å². The molecule has 6 heteroatoms. The number of nitrogens with one attached hydrogen (secondary N) is 2. The molecule has 20 heavy (non-hydrogen) atoms. The number of rotatable bonds is 1. The van der Waals surface area contributed by atoms with Gasteiger partial charge in [-0.3, -0.25) is 4.79 Å². The van der Waals surface area contributed by atoms with Crippen molar-refractivity contribution in [1.82, 2.24) is 10.6 Å². The van der Waals surface area contributed by atoms with Crippen molar-refractivity contribution < 1.29 is 9.59 Å².